The third-order valence-electron chi connectivity index (χ3n) is 3.53. The molecule has 1 N–H and O–H groups in total. The van der Waals surface area contributed by atoms with Crippen molar-refractivity contribution in [3.63, 3.8) is 0 Å². The van der Waals surface area contributed by atoms with Crippen molar-refractivity contribution in [1.29, 1.82) is 0 Å². The molecule has 2 nitrogen and oxygen atoms in total. The summed E-state index contributed by atoms with van der Waals surface area (Å²) in [6.07, 6.45) is 0. The van der Waals surface area contributed by atoms with Gasteiger partial charge in [-0.3, -0.25) is 0 Å². The van der Waals surface area contributed by atoms with Crippen LogP contribution >= 0.6 is 11.6 Å². The molecule has 2 aromatic carbocycles. The summed E-state index contributed by atoms with van der Waals surface area (Å²) in [4.78, 5) is 1.98. The summed E-state index contributed by atoms with van der Waals surface area (Å²) in [5.41, 5.74) is 2.35. The number of benzene rings is 2. The zero-order chi connectivity index (χ0) is 14.7. The standard InChI is InChI=1S/C16H17ClFNO/c1-11(14-5-3-4-6-15(14)17)19(2)16-8-7-13(18)9-12(16)10-20/h3-9,11,20H,10H2,1-2H3. The Bertz CT molecular complexity index is 603. The van der Waals surface area contributed by atoms with Crippen LogP contribution in [0.3, 0.4) is 0 Å². The minimum Gasteiger partial charge on any atom is -0.392 e. The van der Waals surface area contributed by atoms with Crippen LogP contribution in [-0.4, -0.2) is 12.2 Å². The van der Waals surface area contributed by atoms with E-state index in [0.29, 0.717) is 10.6 Å². The molecule has 0 heterocycles. The number of anilines is 1. The van der Waals surface area contributed by atoms with Crippen molar-refractivity contribution in [2.24, 2.45) is 0 Å². The molecule has 0 aliphatic rings. The summed E-state index contributed by atoms with van der Waals surface area (Å²) in [5.74, 6) is -0.350. The Morgan fingerprint density at radius 1 is 1.25 bits per heavy atom. The second-order valence-electron chi connectivity index (χ2n) is 4.74. The SMILES string of the molecule is CC(c1ccccc1Cl)N(C)c1ccc(F)cc1CO. The molecule has 0 saturated heterocycles. The molecule has 20 heavy (non-hydrogen) atoms. The highest BCUT2D eigenvalue weighted by Crippen LogP contribution is 2.32. The minimum atomic E-state index is -0.350. The number of aliphatic hydroxyl groups excluding tert-OH is 1. The Labute approximate surface area is 123 Å². The van der Waals surface area contributed by atoms with E-state index in [-0.39, 0.29) is 18.5 Å². The van der Waals surface area contributed by atoms with Gasteiger partial charge >= 0.3 is 0 Å². The Kier molecular flexibility index (Phi) is 4.63. The quantitative estimate of drug-likeness (QED) is 0.914. The second kappa shape index (κ2) is 6.25. The van der Waals surface area contributed by atoms with Gasteiger partial charge in [0, 0.05) is 23.3 Å². The van der Waals surface area contributed by atoms with Crippen molar-refractivity contribution >= 4 is 17.3 Å². The lowest BCUT2D eigenvalue weighted by molar-refractivity contribution is 0.281. The smallest absolute Gasteiger partial charge is 0.123 e. The Hall–Kier alpha value is -1.58. The zero-order valence-electron chi connectivity index (χ0n) is 11.5. The van der Waals surface area contributed by atoms with Gasteiger partial charge in [0.15, 0.2) is 0 Å². The first kappa shape index (κ1) is 14.8. The molecule has 0 radical (unpaired) electrons. The van der Waals surface area contributed by atoms with Crippen LogP contribution in [0.2, 0.25) is 5.02 Å². The largest absolute Gasteiger partial charge is 0.392 e. The summed E-state index contributed by atoms with van der Waals surface area (Å²) < 4.78 is 13.2. The highest BCUT2D eigenvalue weighted by atomic mass is 35.5. The molecule has 0 spiro atoms. The molecule has 2 rings (SSSR count). The van der Waals surface area contributed by atoms with Gasteiger partial charge in [-0.2, -0.15) is 0 Å². The van der Waals surface area contributed by atoms with Gasteiger partial charge in [0.1, 0.15) is 5.82 Å². The van der Waals surface area contributed by atoms with Crippen molar-refractivity contribution in [2.45, 2.75) is 19.6 Å². The van der Waals surface area contributed by atoms with Crippen LogP contribution in [0, 0.1) is 5.82 Å². The van der Waals surface area contributed by atoms with Crippen molar-refractivity contribution in [3.8, 4) is 0 Å². The lowest BCUT2D eigenvalue weighted by atomic mass is 10.0. The van der Waals surface area contributed by atoms with Crippen LogP contribution in [0.5, 0.6) is 0 Å². The topological polar surface area (TPSA) is 23.5 Å². The maximum Gasteiger partial charge on any atom is 0.123 e. The molecule has 0 fully saturated rings. The molecule has 0 aliphatic heterocycles. The Morgan fingerprint density at radius 3 is 2.60 bits per heavy atom. The van der Waals surface area contributed by atoms with Gasteiger partial charge in [-0.1, -0.05) is 29.8 Å². The fourth-order valence-corrected chi connectivity index (χ4v) is 2.55. The van der Waals surface area contributed by atoms with E-state index in [1.54, 1.807) is 6.07 Å². The zero-order valence-corrected chi connectivity index (χ0v) is 12.2. The Morgan fingerprint density at radius 2 is 1.95 bits per heavy atom. The third kappa shape index (κ3) is 2.94. The fraction of sp³-hybridized carbons (Fsp3) is 0.250. The van der Waals surface area contributed by atoms with Crippen LogP contribution in [0.15, 0.2) is 42.5 Å². The lowest BCUT2D eigenvalue weighted by Gasteiger charge is -2.29. The summed E-state index contributed by atoms with van der Waals surface area (Å²) in [6.45, 7) is 1.82. The molecule has 1 atom stereocenters. The van der Waals surface area contributed by atoms with E-state index in [1.165, 1.54) is 12.1 Å². The summed E-state index contributed by atoms with van der Waals surface area (Å²) in [6, 6.07) is 12.1. The first-order valence-electron chi connectivity index (χ1n) is 6.41. The Balaban J connectivity index is 2.36. The highest BCUT2D eigenvalue weighted by molar-refractivity contribution is 6.31. The predicted octanol–water partition coefficient (Wildman–Crippen LogP) is 4.17. The van der Waals surface area contributed by atoms with E-state index in [4.69, 9.17) is 11.6 Å². The predicted molar refractivity (Wildman–Crippen MR) is 80.6 cm³/mol. The molecule has 1 unspecified atom stereocenters. The number of rotatable bonds is 4. The molecule has 0 aromatic heterocycles. The van der Waals surface area contributed by atoms with Gasteiger partial charge in [0.05, 0.1) is 12.6 Å². The molecular formula is C16H17ClFNO. The number of hydrogen-bond acceptors (Lipinski definition) is 2. The summed E-state index contributed by atoms with van der Waals surface area (Å²) >= 11 is 6.21. The van der Waals surface area contributed by atoms with Crippen LogP contribution < -0.4 is 4.90 Å². The van der Waals surface area contributed by atoms with Crippen LogP contribution in [0.1, 0.15) is 24.1 Å². The van der Waals surface area contributed by atoms with Gasteiger partial charge in [0.25, 0.3) is 0 Å². The number of hydrogen-bond donors (Lipinski definition) is 1. The van der Waals surface area contributed by atoms with E-state index < -0.39 is 0 Å². The molecule has 2 aromatic rings. The van der Waals surface area contributed by atoms with Crippen LogP contribution in [0.4, 0.5) is 10.1 Å². The molecule has 4 heteroatoms. The molecule has 0 bridgehead atoms. The van der Waals surface area contributed by atoms with Crippen LogP contribution in [0.25, 0.3) is 0 Å². The van der Waals surface area contributed by atoms with E-state index in [9.17, 15) is 9.50 Å². The first-order valence-corrected chi connectivity index (χ1v) is 6.79. The highest BCUT2D eigenvalue weighted by Gasteiger charge is 2.17. The average molecular weight is 294 g/mol. The maximum absolute atomic E-state index is 13.2. The van der Waals surface area contributed by atoms with Crippen molar-refractivity contribution in [3.05, 3.63) is 64.4 Å². The van der Waals surface area contributed by atoms with E-state index in [0.717, 1.165) is 11.3 Å². The number of nitrogens with zero attached hydrogens (tertiary/aromatic N) is 1. The lowest BCUT2D eigenvalue weighted by Crippen LogP contribution is -2.23. The number of halogens is 2. The van der Waals surface area contributed by atoms with E-state index in [2.05, 4.69) is 0 Å². The molecular weight excluding hydrogens is 277 g/mol. The van der Waals surface area contributed by atoms with Crippen LogP contribution in [-0.2, 0) is 6.61 Å². The molecule has 0 aliphatic carbocycles. The monoisotopic (exact) mass is 293 g/mol. The van der Waals surface area contributed by atoms with E-state index in [1.807, 2.05) is 43.1 Å². The first-order chi connectivity index (χ1) is 9.54. The number of aliphatic hydroxyl groups is 1. The van der Waals surface area contributed by atoms with Crippen molar-refractivity contribution in [1.82, 2.24) is 0 Å². The van der Waals surface area contributed by atoms with Gasteiger partial charge < -0.3 is 10.0 Å². The second-order valence-corrected chi connectivity index (χ2v) is 5.15. The fourth-order valence-electron chi connectivity index (χ4n) is 2.26. The molecule has 106 valence electrons. The van der Waals surface area contributed by atoms with E-state index >= 15 is 0 Å². The van der Waals surface area contributed by atoms with Gasteiger partial charge in [0.2, 0.25) is 0 Å². The summed E-state index contributed by atoms with van der Waals surface area (Å²) in [7, 11) is 1.90. The average Bonchev–Trinajstić information content (AvgIpc) is 2.46. The maximum atomic E-state index is 13.2. The minimum absolute atomic E-state index is 0.0134. The van der Waals surface area contributed by atoms with Gasteiger partial charge in [-0.25, -0.2) is 4.39 Å². The van der Waals surface area contributed by atoms with Gasteiger partial charge in [-0.05, 0) is 36.8 Å². The molecule has 0 saturated carbocycles. The van der Waals surface area contributed by atoms with Crippen molar-refractivity contribution < 1.29 is 9.50 Å². The summed E-state index contributed by atoms with van der Waals surface area (Å²) in [5, 5.41) is 10.1. The van der Waals surface area contributed by atoms with Crippen molar-refractivity contribution in [2.75, 3.05) is 11.9 Å². The normalized spacial score (nSPS) is 12.2. The third-order valence-corrected chi connectivity index (χ3v) is 3.87. The van der Waals surface area contributed by atoms with Gasteiger partial charge in [-0.15, -0.1) is 0 Å². The molecule has 0 amide bonds.